The predicted octanol–water partition coefficient (Wildman–Crippen LogP) is 5.65. The number of carbonyl (C=O) groups is 3. The average molecular weight is 546 g/mol. The second-order valence-corrected chi connectivity index (χ2v) is 9.45. The molecule has 0 aliphatic rings. The van der Waals surface area contributed by atoms with Gasteiger partial charge in [-0.2, -0.15) is 0 Å². The lowest BCUT2D eigenvalue weighted by molar-refractivity contribution is -0.117. The van der Waals surface area contributed by atoms with E-state index in [0.29, 0.717) is 60.9 Å². The molecule has 9 heteroatoms. The van der Waals surface area contributed by atoms with Crippen LogP contribution >= 0.6 is 0 Å². The zero-order valence-electron chi connectivity index (χ0n) is 22.8. The Morgan fingerprint density at radius 3 is 1.80 bits per heavy atom. The second-order valence-electron chi connectivity index (χ2n) is 9.45. The maximum absolute atomic E-state index is 13.3. The van der Waals surface area contributed by atoms with Gasteiger partial charge in [-0.1, -0.05) is 31.0 Å². The normalized spacial score (nSPS) is 10.6. The molecule has 0 aliphatic carbocycles. The molecule has 9 nitrogen and oxygen atoms in total. The van der Waals surface area contributed by atoms with Gasteiger partial charge in [0.15, 0.2) is 0 Å². The van der Waals surface area contributed by atoms with Gasteiger partial charge < -0.3 is 32.2 Å². The zero-order chi connectivity index (χ0) is 28.6. The van der Waals surface area contributed by atoms with Crippen LogP contribution in [0.15, 0.2) is 72.8 Å². The predicted molar refractivity (Wildman–Crippen MR) is 160 cm³/mol. The maximum atomic E-state index is 13.3. The number of rotatable bonds is 16. The number of nitrogens with one attached hydrogen (secondary N) is 3. The third-order valence-electron chi connectivity index (χ3n) is 6.13. The molecule has 0 radical (unpaired) electrons. The molecule has 212 valence electrons. The van der Waals surface area contributed by atoms with Crippen LogP contribution in [0, 0.1) is 0 Å². The van der Waals surface area contributed by atoms with Crippen LogP contribution in [0.4, 0.5) is 17.1 Å². The fourth-order valence-corrected chi connectivity index (χ4v) is 4.00. The number of benzene rings is 3. The number of hydrogen-bond donors (Lipinski definition) is 5. The van der Waals surface area contributed by atoms with Crippen LogP contribution in [-0.2, 0) is 9.59 Å². The minimum atomic E-state index is -0.422. The summed E-state index contributed by atoms with van der Waals surface area (Å²) in [5, 5.41) is 8.56. The van der Waals surface area contributed by atoms with E-state index in [-0.39, 0.29) is 17.4 Å². The highest BCUT2D eigenvalue weighted by Gasteiger charge is 2.16. The van der Waals surface area contributed by atoms with Gasteiger partial charge in [-0.15, -0.1) is 0 Å². The monoisotopic (exact) mass is 545 g/mol. The molecule has 0 spiro atoms. The Kier molecular flexibility index (Phi) is 12.7. The van der Waals surface area contributed by atoms with Gasteiger partial charge in [-0.3, -0.25) is 14.4 Å². The lowest BCUT2D eigenvalue weighted by Crippen LogP contribution is -2.19. The van der Waals surface area contributed by atoms with Gasteiger partial charge >= 0.3 is 0 Å². The first-order valence-electron chi connectivity index (χ1n) is 13.8. The van der Waals surface area contributed by atoms with Gasteiger partial charge in [0.2, 0.25) is 11.8 Å². The quantitative estimate of drug-likeness (QED) is 0.147. The van der Waals surface area contributed by atoms with Crippen molar-refractivity contribution in [2.75, 3.05) is 29.0 Å². The van der Waals surface area contributed by atoms with Crippen LogP contribution in [0.5, 0.6) is 11.5 Å². The molecule has 3 amide bonds. The van der Waals surface area contributed by atoms with Gasteiger partial charge in [0.25, 0.3) is 5.91 Å². The van der Waals surface area contributed by atoms with Crippen LogP contribution in [0.3, 0.4) is 0 Å². The number of amides is 3. The first kappa shape index (κ1) is 30.3. The highest BCUT2D eigenvalue weighted by Crippen LogP contribution is 2.25. The standard InChI is InChI=1S/C31H39N5O4/c32-20-8-2-6-12-29(37)34-24-16-19-28(36-30(38)13-7-3-9-21-33)27(22-24)31(39)35-23-14-17-26(18-15-23)40-25-10-4-1-5-11-25/h1,4-5,10-11,14-19,22H,2-3,6-9,12-13,20-21,32-33H2,(H,34,37)(H,35,39)(H,36,38). The Morgan fingerprint density at radius 1 is 0.600 bits per heavy atom. The summed E-state index contributed by atoms with van der Waals surface area (Å²) in [7, 11) is 0. The average Bonchev–Trinajstić information content (AvgIpc) is 2.96. The Morgan fingerprint density at radius 2 is 1.18 bits per heavy atom. The number of carbonyl (C=O) groups excluding carboxylic acids is 3. The summed E-state index contributed by atoms with van der Waals surface area (Å²) < 4.78 is 5.81. The molecule has 0 aliphatic heterocycles. The lowest BCUT2D eigenvalue weighted by Gasteiger charge is -2.14. The van der Waals surface area contributed by atoms with E-state index >= 15 is 0 Å². The molecular formula is C31H39N5O4. The van der Waals surface area contributed by atoms with E-state index in [0.717, 1.165) is 32.1 Å². The molecule has 3 rings (SSSR count). The highest BCUT2D eigenvalue weighted by atomic mass is 16.5. The maximum Gasteiger partial charge on any atom is 0.257 e. The van der Waals surface area contributed by atoms with Gasteiger partial charge in [-0.25, -0.2) is 0 Å². The Bertz CT molecular complexity index is 1230. The molecule has 0 aromatic heterocycles. The Balaban J connectivity index is 1.71. The molecule has 0 bridgehead atoms. The van der Waals surface area contributed by atoms with Crippen LogP contribution < -0.4 is 32.2 Å². The first-order valence-corrected chi connectivity index (χ1v) is 13.8. The van der Waals surface area contributed by atoms with Crippen LogP contribution in [0.2, 0.25) is 0 Å². The Hall–Kier alpha value is -4.21. The molecular weight excluding hydrogens is 506 g/mol. The molecule has 7 N–H and O–H groups in total. The van der Waals surface area contributed by atoms with E-state index in [4.69, 9.17) is 16.2 Å². The fourth-order valence-electron chi connectivity index (χ4n) is 4.00. The lowest BCUT2D eigenvalue weighted by atomic mass is 10.1. The molecule has 0 atom stereocenters. The van der Waals surface area contributed by atoms with Crippen molar-refractivity contribution in [3.63, 3.8) is 0 Å². The summed E-state index contributed by atoms with van der Waals surface area (Å²) in [6, 6.07) is 21.3. The number of nitrogens with two attached hydrogens (primary N) is 2. The first-order chi connectivity index (χ1) is 19.5. The van der Waals surface area contributed by atoms with Crippen molar-refractivity contribution in [2.24, 2.45) is 11.5 Å². The smallest absolute Gasteiger partial charge is 0.257 e. The van der Waals surface area contributed by atoms with Crippen LogP contribution in [-0.4, -0.2) is 30.8 Å². The van der Waals surface area contributed by atoms with Crippen molar-refractivity contribution >= 4 is 34.8 Å². The van der Waals surface area contributed by atoms with Gasteiger partial charge in [0.05, 0.1) is 11.3 Å². The van der Waals surface area contributed by atoms with E-state index in [1.807, 2.05) is 30.3 Å². The molecule has 0 unspecified atom stereocenters. The summed E-state index contributed by atoms with van der Waals surface area (Å²) in [5.74, 6) is 0.581. The van der Waals surface area contributed by atoms with E-state index in [9.17, 15) is 14.4 Å². The van der Waals surface area contributed by atoms with E-state index in [1.165, 1.54) is 0 Å². The van der Waals surface area contributed by atoms with Crippen molar-refractivity contribution in [2.45, 2.75) is 51.4 Å². The molecule has 3 aromatic rings. The Labute approximate surface area is 235 Å². The molecule has 0 fully saturated rings. The molecule has 0 saturated carbocycles. The van der Waals surface area contributed by atoms with Crippen molar-refractivity contribution in [3.05, 3.63) is 78.4 Å². The minimum absolute atomic E-state index is 0.144. The van der Waals surface area contributed by atoms with Crippen molar-refractivity contribution in [1.82, 2.24) is 0 Å². The van der Waals surface area contributed by atoms with Crippen molar-refractivity contribution in [1.29, 1.82) is 0 Å². The minimum Gasteiger partial charge on any atom is -0.457 e. The molecule has 0 heterocycles. The summed E-state index contributed by atoms with van der Waals surface area (Å²) in [6.07, 6.45) is 5.60. The van der Waals surface area contributed by atoms with E-state index < -0.39 is 5.91 Å². The van der Waals surface area contributed by atoms with Gasteiger partial charge in [-0.05, 0) is 93.4 Å². The second kappa shape index (κ2) is 16.7. The molecule has 3 aromatic carbocycles. The number of para-hydroxylation sites is 1. The molecule has 0 saturated heterocycles. The van der Waals surface area contributed by atoms with Crippen molar-refractivity contribution < 1.29 is 19.1 Å². The SMILES string of the molecule is NCCCCCC(=O)Nc1ccc(NC(=O)CCCCCN)c(C(=O)Nc2ccc(Oc3ccccc3)cc2)c1. The van der Waals surface area contributed by atoms with E-state index in [1.54, 1.807) is 42.5 Å². The highest BCUT2D eigenvalue weighted by molar-refractivity contribution is 6.11. The van der Waals surface area contributed by atoms with Gasteiger partial charge in [0, 0.05) is 24.2 Å². The molecule has 40 heavy (non-hydrogen) atoms. The van der Waals surface area contributed by atoms with Gasteiger partial charge in [0.1, 0.15) is 11.5 Å². The topological polar surface area (TPSA) is 149 Å². The number of hydrogen-bond acceptors (Lipinski definition) is 6. The fraction of sp³-hybridized carbons (Fsp3) is 0.323. The number of ether oxygens (including phenoxy) is 1. The third kappa shape index (κ3) is 10.5. The van der Waals surface area contributed by atoms with Crippen LogP contribution in [0.1, 0.15) is 61.7 Å². The number of unbranched alkanes of at least 4 members (excludes halogenated alkanes) is 4. The summed E-state index contributed by atoms with van der Waals surface area (Å²) in [5.41, 5.74) is 12.7. The van der Waals surface area contributed by atoms with Crippen molar-refractivity contribution in [3.8, 4) is 11.5 Å². The largest absolute Gasteiger partial charge is 0.457 e. The summed E-state index contributed by atoms with van der Waals surface area (Å²) >= 11 is 0. The number of anilines is 3. The third-order valence-corrected chi connectivity index (χ3v) is 6.13. The summed E-state index contributed by atoms with van der Waals surface area (Å²) in [6.45, 7) is 1.19. The van der Waals surface area contributed by atoms with Crippen LogP contribution in [0.25, 0.3) is 0 Å². The van der Waals surface area contributed by atoms with E-state index in [2.05, 4.69) is 16.0 Å². The summed E-state index contributed by atoms with van der Waals surface area (Å²) in [4.78, 5) is 38.3. The zero-order valence-corrected chi connectivity index (χ0v) is 22.8.